The lowest BCUT2D eigenvalue weighted by molar-refractivity contribution is -0.136. The summed E-state index contributed by atoms with van der Waals surface area (Å²) < 4.78 is 38.7. The summed E-state index contributed by atoms with van der Waals surface area (Å²) in [6.45, 7) is 3.11. The summed E-state index contributed by atoms with van der Waals surface area (Å²) in [5, 5.41) is 9.14. The van der Waals surface area contributed by atoms with Crippen LogP contribution in [-0.2, 0) is 22.5 Å². The molecule has 2 fully saturated rings. The summed E-state index contributed by atoms with van der Waals surface area (Å²) in [5.41, 5.74) is 4.56. The Hall–Kier alpha value is -4.21. The monoisotopic (exact) mass is 551 g/mol. The van der Waals surface area contributed by atoms with E-state index in [1.807, 2.05) is 44.2 Å². The summed E-state index contributed by atoms with van der Waals surface area (Å²) in [7, 11) is 1.53. The minimum absolute atomic E-state index is 0.0313. The van der Waals surface area contributed by atoms with Crippen LogP contribution in [0.2, 0.25) is 0 Å². The summed E-state index contributed by atoms with van der Waals surface area (Å²) >= 11 is 0. The zero-order chi connectivity index (χ0) is 28.6. The summed E-state index contributed by atoms with van der Waals surface area (Å²) in [4.78, 5) is 32.1. The van der Waals surface area contributed by atoms with E-state index in [9.17, 15) is 18.4 Å². The average Bonchev–Trinajstić information content (AvgIpc) is 3.18. The van der Waals surface area contributed by atoms with Gasteiger partial charge in [-0.25, -0.2) is 18.6 Å². The number of nitrogens with zero attached hydrogens (tertiary/aromatic N) is 3. The summed E-state index contributed by atoms with van der Waals surface area (Å²) in [6, 6.07) is 16.4. The Morgan fingerprint density at radius 3 is 2.60 bits per heavy atom. The van der Waals surface area contributed by atoms with Crippen molar-refractivity contribution >= 4 is 17.9 Å². The molecule has 0 saturated carbocycles. The SMILES string of the molecule is COc1ccc(CCC(=O)O)cc1-c1ccc(N2CC(F)(F)C2)nc1CN1C(=O)O[C@H](c2cccc(C)c2)[C@@H]1C. The zero-order valence-corrected chi connectivity index (χ0v) is 22.6. The van der Waals surface area contributed by atoms with Crippen LogP contribution < -0.4 is 9.64 Å². The van der Waals surface area contributed by atoms with Crippen LogP contribution in [0, 0.1) is 6.92 Å². The Balaban J connectivity index is 1.52. The Labute approximate surface area is 231 Å². The third kappa shape index (κ3) is 5.57. The second kappa shape index (κ2) is 10.7. The smallest absolute Gasteiger partial charge is 0.411 e. The number of pyridine rings is 1. The van der Waals surface area contributed by atoms with Crippen molar-refractivity contribution < 1.29 is 33.0 Å². The number of ether oxygens (including phenoxy) is 2. The zero-order valence-electron chi connectivity index (χ0n) is 22.6. The number of aliphatic carboxylic acids is 1. The quantitative estimate of drug-likeness (QED) is 0.369. The second-order valence-electron chi connectivity index (χ2n) is 10.4. The molecule has 40 heavy (non-hydrogen) atoms. The van der Waals surface area contributed by atoms with Crippen molar-refractivity contribution in [1.29, 1.82) is 0 Å². The van der Waals surface area contributed by atoms with Gasteiger partial charge in [0.15, 0.2) is 0 Å². The highest BCUT2D eigenvalue weighted by molar-refractivity contribution is 5.76. The molecule has 1 N–H and O–H groups in total. The number of aryl methyl sites for hydroxylation is 2. The minimum atomic E-state index is -2.77. The third-order valence-corrected chi connectivity index (χ3v) is 7.39. The van der Waals surface area contributed by atoms with Gasteiger partial charge in [0.25, 0.3) is 5.92 Å². The van der Waals surface area contributed by atoms with Crippen LogP contribution in [0.4, 0.5) is 19.4 Å². The molecule has 0 bridgehead atoms. The number of carboxylic acids is 1. The molecular formula is C30H31F2N3O5. The number of cyclic esters (lactones) is 1. The third-order valence-electron chi connectivity index (χ3n) is 7.39. The largest absolute Gasteiger partial charge is 0.496 e. The molecule has 3 aromatic rings. The molecule has 0 aliphatic carbocycles. The maximum absolute atomic E-state index is 13.7. The average molecular weight is 552 g/mol. The van der Waals surface area contributed by atoms with E-state index in [0.717, 1.165) is 16.7 Å². The fraction of sp³-hybridized carbons (Fsp3) is 0.367. The number of anilines is 1. The van der Waals surface area contributed by atoms with Gasteiger partial charge in [-0.3, -0.25) is 9.69 Å². The van der Waals surface area contributed by atoms with Gasteiger partial charge >= 0.3 is 12.1 Å². The lowest BCUT2D eigenvalue weighted by atomic mass is 9.97. The van der Waals surface area contributed by atoms with Gasteiger partial charge in [-0.15, -0.1) is 0 Å². The molecule has 3 heterocycles. The predicted octanol–water partition coefficient (Wildman–Crippen LogP) is 5.62. The van der Waals surface area contributed by atoms with Gasteiger partial charge in [0, 0.05) is 17.5 Å². The van der Waals surface area contributed by atoms with E-state index in [0.29, 0.717) is 34.8 Å². The number of hydrogen-bond donors (Lipinski definition) is 1. The molecule has 2 aromatic carbocycles. The highest BCUT2D eigenvalue weighted by Gasteiger charge is 2.45. The molecule has 5 rings (SSSR count). The molecule has 2 aliphatic heterocycles. The predicted molar refractivity (Wildman–Crippen MR) is 145 cm³/mol. The lowest BCUT2D eigenvalue weighted by Crippen LogP contribution is -2.56. The number of halogens is 2. The number of hydrogen-bond acceptors (Lipinski definition) is 6. The van der Waals surface area contributed by atoms with Crippen molar-refractivity contribution in [2.75, 3.05) is 25.1 Å². The number of amides is 1. The minimum Gasteiger partial charge on any atom is -0.496 e. The summed E-state index contributed by atoms with van der Waals surface area (Å²) in [5.74, 6) is -2.74. The van der Waals surface area contributed by atoms with Crippen molar-refractivity contribution in [2.45, 2.75) is 51.3 Å². The van der Waals surface area contributed by atoms with Crippen LogP contribution >= 0.6 is 0 Å². The first-order valence-electron chi connectivity index (χ1n) is 13.1. The number of methoxy groups -OCH3 is 1. The van der Waals surface area contributed by atoms with Gasteiger partial charge in [-0.1, -0.05) is 35.9 Å². The maximum Gasteiger partial charge on any atom is 0.411 e. The molecule has 210 valence electrons. The Bertz CT molecular complexity index is 1440. The van der Waals surface area contributed by atoms with Crippen LogP contribution in [0.3, 0.4) is 0 Å². The van der Waals surface area contributed by atoms with Crippen LogP contribution in [0.5, 0.6) is 5.75 Å². The molecule has 2 atom stereocenters. The number of carboxylic acid groups (broad SMARTS) is 1. The Morgan fingerprint density at radius 1 is 1.15 bits per heavy atom. The van der Waals surface area contributed by atoms with Crippen molar-refractivity contribution in [3.8, 4) is 16.9 Å². The normalized spacial score (nSPS) is 19.8. The number of carbonyl (C=O) groups excluding carboxylic acids is 1. The maximum atomic E-state index is 13.7. The Morgan fingerprint density at radius 2 is 1.93 bits per heavy atom. The van der Waals surface area contributed by atoms with Crippen molar-refractivity contribution in [3.63, 3.8) is 0 Å². The number of carbonyl (C=O) groups is 2. The van der Waals surface area contributed by atoms with Crippen LogP contribution in [-0.4, -0.2) is 59.2 Å². The number of alkyl halides is 2. The second-order valence-corrected chi connectivity index (χ2v) is 10.4. The van der Waals surface area contributed by atoms with Crippen molar-refractivity contribution in [2.24, 2.45) is 0 Å². The van der Waals surface area contributed by atoms with E-state index in [1.54, 1.807) is 29.2 Å². The van der Waals surface area contributed by atoms with Gasteiger partial charge in [0.2, 0.25) is 0 Å². The fourth-order valence-corrected chi connectivity index (χ4v) is 5.25. The lowest BCUT2D eigenvalue weighted by Gasteiger charge is -2.39. The molecule has 2 aliphatic rings. The van der Waals surface area contributed by atoms with Gasteiger partial charge in [-0.2, -0.15) is 0 Å². The first kappa shape index (κ1) is 27.4. The molecular weight excluding hydrogens is 520 g/mol. The van der Waals surface area contributed by atoms with E-state index in [4.69, 9.17) is 19.6 Å². The highest BCUT2D eigenvalue weighted by Crippen LogP contribution is 2.39. The first-order valence-corrected chi connectivity index (χ1v) is 13.1. The van der Waals surface area contributed by atoms with Crippen LogP contribution in [0.15, 0.2) is 54.6 Å². The molecule has 10 heteroatoms. The van der Waals surface area contributed by atoms with Crippen LogP contribution in [0.1, 0.15) is 41.8 Å². The van der Waals surface area contributed by atoms with E-state index in [1.165, 1.54) is 12.0 Å². The number of rotatable bonds is 9. The van der Waals surface area contributed by atoms with E-state index >= 15 is 0 Å². The molecule has 1 aromatic heterocycles. The van der Waals surface area contributed by atoms with Crippen LogP contribution in [0.25, 0.3) is 11.1 Å². The van der Waals surface area contributed by atoms with E-state index in [2.05, 4.69) is 0 Å². The van der Waals surface area contributed by atoms with Gasteiger partial charge in [-0.05, 0) is 55.7 Å². The number of aromatic nitrogens is 1. The van der Waals surface area contributed by atoms with Crippen molar-refractivity contribution in [3.05, 3.63) is 77.0 Å². The molecule has 0 radical (unpaired) electrons. The summed E-state index contributed by atoms with van der Waals surface area (Å²) in [6.07, 6.45) is -0.669. The van der Waals surface area contributed by atoms with Gasteiger partial charge < -0.3 is 19.5 Å². The Kier molecular flexibility index (Phi) is 7.35. The highest BCUT2D eigenvalue weighted by atomic mass is 19.3. The molecule has 0 spiro atoms. The topological polar surface area (TPSA) is 92.2 Å². The fourth-order valence-electron chi connectivity index (χ4n) is 5.25. The molecule has 1 amide bonds. The van der Waals surface area contributed by atoms with Gasteiger partial charge in [0.1, 0.15) is 17.7 Å². The van der Waals surface area contributed by atoms with Gasteiger partial charge in [0.05, 0.1) is 38.5 Å². The standard InChI is InChI=1S/C30H31F2N3O5/c1-18-5-4-6-21(13-18)28-19(2)35(29(38)40-28)15-24-22(9-11-26(33-24)34-16-30(31,32)17-34)23-14-20(8-12-27(36)37)7-10-25(23)39-3/h4-7,9-11,13-14,19,28H,8,12,15-17H2,1-3H3,(H,36,37)/t19-,28-/m0/s1. The number of benzene rings is 2. The first-order chi connectivity index (χ1) is 19.0. The molecule has 2 saturated heterocycles. The van der Waals surface area contributed by atoms with Crippen molar-refractivity contribution in [1.82, 2.24) is 9.88 Å². The van der Waals surface area contributed by atoms with E-state index in [-0.39, 0.29) is 19.0 Å². The van der Waals surface area contributed by atoms with E-state index < -0.39 is 37.2 Å². The molecule has 0 unspecified atom stereocenters. The molecule has 8 nitrogen and oxygen atoms in total.